The van der Waals surface area contributed by atoms with Crippen molar-refractivity contribution in [3.63, 3.8) is 0 Å². The molecule has 1 aromatic rings. The van der Waals surface area contributed by atoms with Gasteiger partial charge in [-0.15, -0.1) is 0 Å². The van der Waals surface area contributed by atoms with Gasteiger partial charge in [-0.1, -0.05) is 12.1 Å². The molecule has 1 N–H and O–H groups in total. The van der Waals surface area contributed by atoms with Gasteiger partial charge in [0.05, 0.1) is 17.9 Å². The highest BCUT2D eigenvalue weighted by molar-refractivity contribution is 7.89. The molecule has 0 atom stereocenters. The minimum absolute atomic E-state index is 0.0963. The molecule has 0 radical (unpaired) electrons. The van der Waals surface area contributed by atoms with Crippen LogP contribution in [0.1, 0.15) is 29.8 Å². The summed E-state index contributed by atoms with van der Waals surface area (Å²) in [4.78, 5) is 36.9. The summed E-state index contributed by atoms with van der Waals surface area (Å²) >= 11 is 0. The third-order valence-electron chi connectivity index (χ3n) is 3.39. The molecule has 8 nitrogen and oxygen atoms in total. The molecule has 0 aliphatic heterocycles. The third-order valence-corrected chi connectivity index (χ3v) is 4.25. The van der Waals surface area contributed by atoms with Gasteiger partial charge in [0.25, 0.3) is 5.91 Å². The number of benzene rings is 1. The number of hydrogen-bond donors (Lipinski definition) is 1. The average Bonchev–Trinajstić information content (AvgIpc) is 2.56. The fraction of sp³-hybridized carbons (Fsp3) is 0.471. The lowest BCUT2D eigenvalue weighted by atomic mass is 10.1. The van der Waals surface area contributed by atoms with Gasteiger partial charge in [0.1, 0.15) is 0 Å². The van der Waals surface area contributed by atoms with Crippen molar-refractivity contribution >= 4 is 27.6 Å². The molecule has 9 heteroatoms. The van der Waals surface area contributed by atoms with Gasteiger partial charge in [-0.05, 0) is 31.5 Å². The lowest BCUT2D eigenvalue weighted by Crippen LogP contribution is -2.42. The first-order chi connectivity index (χ1) is 12.2. The maximum Gasteiger partial charge on any atom is 0.338 e. The molecule has 2 amide bonds. The predicted molar refractivity (Wildman–Crippen MR) is 96.2 cm³/mol. The molecule has 0 heterocycles. The van der Waals surface area contributed by atoms with E-state index in [0.29, 0.717) is 18.7 Å². The van der Waals surface area contributed by atoms with Crippen LogP contribution in [-0.4, -0.2) is 63.6 Å². The number of ether oxygens (including phenoxy) is 1. The van der Waals surface area contributed by atoms with Crippen LogP contribution >= 0.6 is 0 Å². The second-order valence-electron chi connectivity index (χ2n) is 5.70. The van der Waals surface area contributed by atoms with Gasteiger partial charge in [-0.3, -0.25) is 9.59 Å². The van der Waals surface area contributed by atoms with Gasteiger partial charge in [0.2, 0.25) is 5.91 Å². The Labute approximate surface area is 153 Å². The van der Waals surface area contributed by atoms with E-state index in [2.05, 4.69) is 5.32 Å². The maximum atomic E-state index is 12.1. The van der Waals surface area contributed by atoms with Crippen LogP contribution in [0, 0.1) is 0 Å². The molecule has 0 aliphatic carbocycles. The van der Waals surface area contributed by atoms with Crippen molar-refractivity contribution in [1.82, 2.24) is 10.2 Å². The van der Waals surface area contributed by atoms with Gasteiger partial charge >= 0.3 is 5.97 Å². The van der Waals surface area contributed by atoms with Crippen LogP contribution in [0.15, 0.2) is 24.3 Å². The number of carbonyl (C=O) groups is 3. The molecule has 1 rings (SSSR count). The highest BCUT2D eigenvalue weighted by atomic mass is 32.2. The SMILES string of the molecule is CCNC(=O)CN(CC)C(=O)COC(=O)c1ccc(CS(C)(=O)=O)cc1. The Kier molecular flexibility index (Phi) is 8.24. The normalized spacial score (nSPS) is 10.9. The quantitative estimate of drug-likeness (QED) is 0.616. The van der Waals surface area contributed by atoms with Crippen LogP contribution < -0.4 is 5.32 Å². The molecule has 1 aromatic carbocycles. The molecular formula is C17H24N2O6S. The van der Waals surface area contributed by atoms with Crippen molar-refractivity contribution < 1.29 is 27.5 Å². The molecular weight excluding hydrogens is 360 g/mol. The molecule has 0 saturated carbocycles. The van der Waals surface area contributed by atoms with Gasteiger partial charge in [0.15, 0.2) is 16.4 Å². The van der Waals surface area contributed by atoms with E-state index in [1.54, 1.807) is 13.8 Å². The second-order valence-corrected chi connectivity index (χ2v) is 7.84. The highest BCUT2D eigenvalue weighted by Crippen LogP contribution is 2.09. The van der Waals surface area contributed by atoms with Crippen LogP contribution in [-0.2, 0) is 29.9 Å². The van der Waals surface area contributed by atoms with Crippen molar-refractivity contribution in [2.24, 2.45) is 0 Å². The molecule has 0 fully saturated rings. The Balaban J connectivity index is 2.59. The lowest BCUT2D eigenvalue weighted by Gasteiger charge is -2.20. The number of nitrogens with one attached hydrogen (secondary N) is 1. The van der Waals surface area contributed by atoms with Gasteiger partial charge < -0.3 is 15.0 Å². The Bertz CT molecular complexity index is 743. The fourth-order valence-electron chi connectivity index (χ4n) is 2.14. The predicted octanol–water partition coefficient (Wildman–Crippen LogP) is 0.373. The number of hydrogen-bond acceptors (Lipinski definition) is 6. The van der Waals surface area contributed by atoms with Crippen LogP contribution in [0.3, 0.4) is 0 Å². The summed E-state index contributed by atoms with van der Waals surface area (Å²) in [6.45, 7) is 3.71. The van der Waals surface area contributed by atoms with Gasteiger partial charge in [0, 0.05) is 19.3 Å². The molecule has 0 spiro atoms. The maximum absolute atomic E-state index is 12.1. The van der Waals surface area contributed by atoms with E-state index in [1.165, 1.54) is 29.2 Å². The minimum atomic E-state index is -3.16. The molecule has 0 bridgehead atoms. The summed E-state index contributed by atoms with van der Waals surface area (Å²) < 4.78 is 27.5. The summed E-state index contributed by atoms with van der Waals surface area (Å²) in [5.74, 6) is -1.57. The number of sulfone groups is 1. The van der Waals surface area contributed by atoms with Crippen molar-refractivity contribution in [2.45, 2.75) is 19.6 Å². The van der Waals surface area contributed by atoms with Crippen LogP contribution in [0.25, 0.3) is 0 Å². The molecule has 0 aliphatic rings. The highest BCUT2D eigenvalue weighted by Gasteiger charge is 2.17. The zero-order valence-electron chi connectivity index (χ0n) is 15.1. The Morgan fingerprint density at radius 1 is 1.12 bits per heavy atom. The topological polar surface area (TPSA) is 110 Å². The van der Waals surface area contributed by atoms with Gasteiger partial charge in [-0.25, -0.2) is 13.2 Å². The summed E-state index contributed by atoms with van der Waals surface area (Å²) in [6.07, 6.45) is 1.13. The zero-order valence-corrected chi connectivity index (χ0v) is 16.0. The first-order valence-corrected chi connectivity index (χ1v) is 10.2. The van der Waals surface area contributed by atoms with E-state index in [9.17, 15) is 22.8 Å². The van der Waals surface area contributed by atoms with Crippen LogP contribution in [0.4, 0.5) is 0 Å². The smallest absolute Gasteiger partial charge is 0.338 e. The monoisotopic (exact) mass is 384 g/mol. The summed E-state index contributed by atoms with van der Waals surface area (Å²) in [6, 6.07) is 5.93. The van der Waals surface area contributed by atoms with Crippen molar-refractivity contribution in [3.05, 3.63) is 35.4 Å². The Morgan fingerprint density at radius 2 is 1.73 bits per heavy atom. The minimum Gasteiger partial charge on any atom is -0.452 e. The number of rotatable bonds is 9. The summed E-state index contributed by atoms with van der Waals surface area (Å²) in [5.41, 5.74) is 0.765. The Morgan fingerprint density at radius 3 is 2.23 bits per heavy atom. The fourth-order valence-corrected chi connectivity index (χ4v) is 2.94. The molecule has 0 saturated heterocycles. The second kappa shape index (κ2) is 9.91. The first kappa shape index (κ1) is 21.6. The first-order valence-electron chi connectivity index (χ1n) is 8.14. The van der Waals surface area contributed by atoms with Crippen LogP contribution in [0.2, 0.25) is 0 Å². The lowest BCUT2D eigenvalue weighted by molar-refractivity contribution is -0.138. The zero-order chi connectivity index (χ0) is 19.7. The molecule has 26 heavy (non-hydrogen) atoms. The van der Waals surface area contributed by atoms with Crippen LogP contribution in [0.5, 0.6) is 0 Å². The van der Waals surface area contributed by atoms with E-state index < -0.39 is 28.3 Å². The number of nitrogens with zero attached hydrogens (tertiary/aromatic N) is 1. The van der Waals surface area contributed by atoms with E-state index in [4.69, 9.17) is 4.74 Å². The van der Waals surface area contributed by atoms with E-state index in [0.717, 1.165) is 6.26 Å². The largest absolute Gasteiger partial charge is 0.452 e. The van der Waals surface area contributed by atoms with Crippen molar-refractivity contribution in [2.75, 3.05) is 32.5 Å². The van der Waals surface area contributed by atoms with Gasteiger partial charge in [-0.2, -0.15) is 0 Å². The van der Waals surface area contributed by atoms with E-state index in [-0.39, 0.29) is 23.8 Å². The standard InChI is InChI=1S/C17H24N2O6S/c1-4-18-15(20)10-19(5-2)16(21)11-25-17(22)14-8-6-13(7-9-14)12-26(3,23)24/h6-9H,4-5,10-12H2,1-3H3,(H,18,20). The number of likely N-dealkylation sites (N-methyl/N-ethyl adjacent to an activating group) is 2. The molecule has 0 unspecified atom stereocenters. The van der Waals surface area contributed by atoms with E-state index >= 15 is 0 Å². The molecule has 0 aromatic heterocycles. The van der Waals surface area contributed by atoms with Crippen molar-refractivity contribution in [1.29, 1.82) is 0 Å². The summed E-state index contributed by atoms with van der Waals surface area (Å²) in [7, 11) is -3.16. The molecule has 144 valence electrons. The number of esters is 1. The Hall–Kier alpha value is -2.42. The van der Waals surface area contributed by atoms with Crippen molar-refractivity contribution in [3.8, 4) is 0 Å². The summed E-state index contributed by atoms with van der Waals surface area (Å²) in [5, 5.41) is 2.59. The number of amides is 2. The average molecular weight is 384 g/mol. The van der Waals surface area contributed by atoms with E-state index in [1.807, 2.05) is 0 Å². The third kappa shape index (κ3) is 7.64. The number of carbonyl (C=O) groups excluding carboxylic acids is 3.